The number of rotatable bonds is 9. The van der Waals surface area contributed by atoms with Crippen LogP contribution in [0.5, 0.6) is 0 Å². The Labute approximate surface area is 127 Å². The van der Waals surface area contributed by atoms with Crippen molar-refractivity contribution in [1.82, 2.24) is 4.90 Å². The van der Waals surface area contributed by atoms with Gasteiger partial charge in [-0.3, -0.25) is 10.1 Å². The molecule has 1 aromatic carbocycles. The fraction of sp³-hybridized carbons (Fsp3) is 0.625. The zero-order valence-corrected chi connectivity index (χ0v) is 13.6. The van der Waals surface area contributed by atoms with E-state index in [0.29, 0.717) is 11.6 Å². The average Bonchev–Trinajstić information content (AvgIpc) is 2.45. The second kappa shape index (κ2) is 8.62. The van der Waals surface area contributed by atoms with Gasteiger partial charge in [0.15, 0.2) is 0 Å². The molecule has 0 saturated heterocycles. The molecule has 1 unspecified atom stereocenters. The van der Waals surface area contributed by atoms with E-state index in [9.17, 15) is 10.1 Å². The fourth-order valence-corrected chi connectivity index (χ4v) is 2.34. The number of nitro groups is 1. The maximum atomic E-state index is 11.2. The van der Waals surface area contributed by atoms with E-state index in [1.54, 1.807) is 12.1 Å². The lowest BCUT2D eigenvalue weighted by Gasteiger charge is -2.22. The summed E-state index contributed by atoms with van der Waals surface area (Å²) in [6, 6.07) is 5.30. The Morgan fingerprint density at radius 2 is 2.10 bits per heavy atom. The molecule has 0 radical (unpaired) electrons. The Morgan fingerprint density at radius 1 is 1.38 bits per heavy atom. The van der Waals surface area contributed by atoms with Crippen LogP contribution >= 0.6 is 0 Å². The largest absolute Gasteiger partial charge is 0.379 e. The van der Waals surface area contributed by atoms with Gasteiger partial charge in [0.1, 0.15) is 5.69 Å². The van der Waals surface area contributed by atoms with Gasteiger partial charge in [0.25, 0.3) is 5.69 Å². The average molecular weight is 293 g/mol. The normalized spacial score (nSPS) is 12.4. The summed E-state index contributed by atoms with van der Waals surface area (Å²) in [5, 5.41) is 14.4. The van der Waals surface area contributed by atoms with Crippen LogP contribution in [0.4, 0.5) is 11.4 Å². The zero-order chi connectivity index (χ0) is 15.8. The number of hydrogen-bond acceptors (Lipinski definition) is 4. The van der Waals surface area contributed by atoms with E-state index in [2.05, 4.69) is 38.0 Å². The number of nitrogens with one attached hydrogen (secondary N) is 1. The second-order valence-electron chi connectivity index (χ2n) is 5.71. The van der Waals surface area contributed by atoms with Gasteiger partial charge >= 0.3 is 0 Å². The van der Waals surface area contributed by atoms with Crippen LogP contribution in [0.1, 0.15) is 39.2 Å². The lowest BCUT2D eigenvalue weighted by Crippen LogP contribution is -2.24. The van der Waals surface area contributed by atoms with Gasteiger partial charge in [-0.2, -0.15) is 0 Å². The molecule has 5 heteroatoms. The predicted octanol–water partition coefficient (Wildman–Crippen LogP) is 3.89. The summed E-state index contributed by atoms with van der Waals surface area (Å²) < 4.78 is 0. The van der Waals surface area contributed by atoms with Crippen molar-refractivity contribution in [1.29, 1.82) is 0 Å². The molecule has 0 aromatic heterocycles. The van der Waals surface area contributed by atoms with Crippen LogP contribution in [0.25, 0.3) is 0 Å². The highest BCUT2D eigenvalue weighted by atomic mass is 16.6. The highest BCUT2D eigenvalue weighted by Crippen LogP contribution is 2.29. The van der Waals surface area contributed by atoms with E-state index >= 15 is 0 Å². The van der Waals surface area contributed by atoms with Gasteiger partial charge in [-0.05, 0) is 24.9 Å². The summed E-state index contributed by atoms with van der Waals surface area (Å²) in [5.74, 6) is 0.626. The summed E-state index contributed by atoms with van der Waals surface area (Å²) >= 11 is 0. The van der Waals surface area contributed by atoms with E-state index in [-0.39, 0.29) is 10.6 Å². The molecule has 0 amide bonds. The minimum atomic E-state index is -0.309. The molecule has 1 atom stereocenters. The van der Waals surface area contributed by atoms with Crippen LogP contribution in [0.3, 0.4) is 0 Å². The van der Waals surface area contributed by atoms with Gasteiger partial charge in [0, 0.05) is 25.7 Å². The lowest BCUT2D eigenvalue weighted by atomic mass is 10.1. The molecule has 0 aliphatic rings. The Balaban J connectivity index is 2.94. The molecule has 118 valence electrons. The third kappa shape index (κ3) is 5.34. The first-order chi connectivity index (χ1) is 9.99. The number of nitrogens with zero attached hydrogens (tertiary/aromatic N) is 2. The van der Waals surface area contributed by atoms with Crippen molar-refractivity contribution in [3.05, 3.63) is 33.9 Å². The predicted molar refractivity (Wildman–Crippen MR) is 87.7 cm³/mol. The van der Waals surface area contributed by atoms with E-state index in [4.69, 9.17) is 0 Å². The molecule has 0 fully saturated rings. The summed E-state index contributed by atoms with van der Waals surface area (Å²) in [6.45, 7) is 8.91. The van der Waals surface area contributed by atoms with Crippen molar-refractivity contribution in [3.63, 3.8) is 0 Å². The van der Waals surface area contributed by atoms with Crippen LogP contribution in [0.2, 0.25) is 0 Å². The van der Waals surface area contributed by atoms with Gasteiger partial charge in [0.05, 0.1) is 4.92 Å². The lowest BCUT2D eigenvalue weighted by molar-refractivity contribution is -0.384. The molecule has 5 nitrogen and oxygen atoms in total. The van der Waals surface area contributed by atoms with Crippen LogP contribution in [0, 0.1) is 16.0 Å². The Kier molecular flexibility index (Phi) is 7.15. The minimum Gasteiger partial charge on any atom is -0.379 e. The number of para-hydroxylation sites is 1. The number of hydrogen-bond donors (Lipinski definition) is 1. The van der Waals surface area contributed by atoms with Gasteiger partial charge < -0.3 is 10.2 Å². The molecule has 1 rings (SSSR count). The molecular formula is C16H27N3O2. The first-order valence-electron chi connectivity index (χ1n) is 7.68. The molecule has 0 bridgehead atoms. The third-order valence-electron chi connectivity index (χ3n) is 3.64. The molecule has 1 aromatic rings. The summed E-state index contributed by atoms with van der Waals surface area (Å²) in [4.78, 5) is 13.1. The third-order valence-corrected chi connectivity index (χ3v) is 3.64. The van der Waals surface area contributed by atoms with Crippen molar-refractivity contribution in [2.75, 3.05) is 25.5 Å². The Morgan fingerprint density at radius 3 is 2.67 bits per heavy atom. The molecule has 0 heterocycles. The smallest absolute Gasteiger partial charge is 0.292 e. The molecule has 0 aliphatic heterocycles. The minimum absolute atomic E-state index is 0.165. The summed E-state index contributed by atoms with van der Waals surface area (Å²) in [6.07, 6.45) is 2.08. The molecule has 1 N–H and O–H groups in total. The van der Waals surface area contributed by atoms with Crippen molar-refractivity contribution in [2.45, 2.75) is 40.2 Å². The van der Waals surface area contributed by atoms with Crippen molar-refractivity contribution in [3.8, 4) is 0 Å². The Bertz CT molecular complexity index is 463. The van der Waals surface area contributed by atoms with Gasteiger partial charge in [-0.15, -0.1) is 0 Å². The Hall–Kier alpha value is -1.62. The summed E-state index contributed by atoms with van der Waals surface area (Å²) in [5.41, 5.74) is 1.82. The number of benzene rings is 1. The monoisotopic (exact) mass is 293 g/mol. The summed E-state index contributed by atoms with van der Waals surface area (Å²) in [7, 11) is 2.06. The van der Waals surface area contributed by atoms with E-state index in [0.717, 1.165) is 38.0 Å². The maximum absolute atomic E-state index is 11.2. The maximum Gasteiger partial charge on any atom is 0.292 e. The van der Waals surface area contributed by atoms with Crippen molar-refractivity contribution in [2.24, 2.45) is 5.92 Å². The highest BCUT2D eigenvalue weighted by molar-refractivity contribution is 5.66. The SMILES string of the molecule is CCCNc1c(CN(C)CC(C)CC)cccc1[N+](=O)[O-]. The first kappa shape index (κ1) is 17.4. The molecule has 0 saturated carbocycles. The van der Waals surface area contributed by atoms with E-state index in [1.165, 1.54) is 0 Å². The van der Waals surface area contributed by atoms with E-state index < -0.39 is 0 Å². The van der Waals surface area contributed by atoms with Gasteiger partial charge in [0.2, 0.25) is 0 Å². The van der Waals surface area contributed by atoms with Crippen molar-refractivity contribution >= 4 is 11.4 Å². The van der Waals surface area contributed by atoms with Crippen LogP contribution in [-0.4, -0.2) is 30.0 Å². The first-order valence-corrected chi connectivity index (χ1v) is 7.68. The number of nitro benzene ring substituents is 1. The van der Waals surface area contributed by atoms with Crippen LogP contribution < -0.4 is 5.32 Å². The highest BCUT2D eigenvalue weighted by Gasteiger charge is 2.18. The van der Waals surface area contributed by atoms with Gasteiger partial charge in [-0.1, -0.05) is 39.3 Å². The zero-order valence-electron chi connectivity index (χ0n) is 13.6. The number of anilines is 1. The van der Waals surface area contributed by atoms with Crippen LogP contribution in [0.15, 0.2) is 18.2 Å². The van der Waals surface area contributed by atoms with Crippen LogP contribution in [-0.2, 0) is 6.54 Å². The molecule has 0 spiro atoms. The fourth-order valence-electron chi connectivity index (χ4n) is 2.34. The molecular weight excluding hydrogens is 266 g/mol. The van der Waals surface area contributed by atoms with E-state index in [1.807, 2.05) is 6.07 Å². The van der Waals surface area contributed by atoms with Gasteiger partial charge in [-0.25, -0.2) is 0 Å². The topological polar surface area (TPSA) is 58.4 Å². The standard InChI is InChI=1S/C16H27N3O2/c1-5-10-17-16-14(8-7-9-15(16)19(20)21)12-18(4)11-13(3)6-2/h7-9,13,17H,5-6,10-12H2,1-4H3. The molecule has 0 aliphatic carbocycles. The second-order valence-corrected chi connectivity index (χ2v) is 5.71. The molecule has 21 heavy (non-hydrogen) atoms. The quantitative estimate of drug-likeness (QED) is 0.554. The van der Waals surface area contributed by atoms with Crippen molar-refractivity contribution < 1.29 is 4.92 Å².